The van der Waals surface area contributed by atoms with Crippen molar-refractivity contribution in [2.24, 2.45) is 11.7 Å². The van der Waals surface area contributed by atoms with Gasteiger partial charge in [-0.15, -0.1) is 0 Å². The molecule has 0 saturated carbocycles. The van der Waals surface area contributed by atoms with Crippen molar-refractivity contribution >= 4 is 29.7 Å². The molecule has 0 aliphatic carbocycles. The lowest BCUT2D eigenvalue weighted by Gasteiger charge is -2.26. The van der Waals surface area contributed by atoms with Crippen LogP contribution in [-0.2, 0) is 24.0 Å². The van der Waals surface area contributed by atoms with Crippen molar-refractivity contribution in [3.63, 3.8) is 0 Å². The lowest BCUT2D eigenvalue weighted by molar-refractivity contribution is -0.143. The number of nitrogens with two attached hydrogens (primary N) is 1. The molecule has 0 saturated heterocycles. The normalized spacial score (nSPS) is 15.0. The molecule has 0 heterocycles. The molecule has 29 heavy (non-hydrogen) atoms. The summed E-state index contributed by atoms with van der Waals surface area (Å²) in [5.74, 6) is -5.88. The summed E-state index contributed by atoms with van der Waals surface area (Å²) >= 11 is 0. The molecular formula is C16H28N4O9. The van der Waals surface area contributed by atoms with Crippen LogP contribution in [0.15, 0.2) is 0 Å². The summed E-state index contributed by atoms with van der Waals surface area (Å²) in [6.07, 6.45) is -0.789. The van der Waals surface area contributed by atoms with E-state index in [2.05, 4.69) is 16.0 Å². The van der Waals surface area contributed by atoms with Gasteiger partial charge in [0, 0.05) is 6.42 Å². The van der Waals surface area contributed by atoms with Crippen LogP contribution in [0.4, 0.5) is 0 Å². The highest BCUT2D eigenvalue weighted by Gasteiger charge is 2.31. The molecule has 0 aliphatic heterocycles. The van der Waals surface area contributed by atoms with Crippen molar-refractivity contribution in [1.29, 1.82) is 0 Å². The molecule has 0 rings (SSSR count). The van der Waals surface area contributed by atoms with E-state index in [1.54, 1.807) is 13.8 Å². The Bertz CT molecular complexity index is 611. The highest BCUT2D eigenvalue weighted by molar-refractivity contribution is 5.94. The third-order valence-electron chi connectivity index (χ3n) is 3.86. The van der Waals surface area contributed by atoms with E-state index >= 15 is 0 Å². The number of carbonyl (C=O) groups excluding carboxylic acids is 3. The number of carbonyl (C=O) groups is 5. The second-order valence-corrected chi connectivity index (χ2v) is 6.59. The fraction of sp³-hybridized carbons (Fsp3) is 0.688. The summed E-state index contributed by atoms with van der Waals surface area (Å²) < 4.78 is 0. The Morgan fingerprint density at radius 3 is 1.79 bits per heavy atom. The van der Waals surface area contributed by atoms with Gasteiger partial charge in [0.05, 0.1) is 13.2 Å². The molecule has 0 aromatic heterocycles. The van der Waals surface area contributed by atoms with Crippen molar-refractivity contribution in [1.82, 2.24) is 16.0 Å². The molecule has 3 amide bonds. The van der Waals surface area contributed by atoms with Gasteiger partial charge in [-0.05, 0) is 12.3 Å². The maximum atomic E-state index is 12.5. The smallest absolute Gasteiger partial charge is 0.328 e. The zero-order valence-corrected chi connectivity index (χ0v) is 16.1. The van der Waals surface area contributed by atoms with E-state index in [0.717, 1.165) is 0 Å². The van der Waals surface area contributed by atoms with Gasteiger partial charge in [-0.25, -0.2) is 4.79 Å². The third kappa shape index (κ3) is 9.32. The number of rotatable bonds is 13. The standard InChI is InChI=1S/C16H28N4O9/c1-7(2)12(15(27)19-10(6-22)16(28)29)20-14(26)9(3-4-11(23)24)18-13(25)8(17)5-21/h7-10,12,21-22H,3-6,17H2,1-2H3,(H,18,25)(H,19,27)(H,20,26)(H,23,24)(H,28,29). The molecule has 0 radical (unpaired) electrons. The van der Waals surface area contributed by atoms with Crippen LogP contribution in [-0.4, -0.2) is 87.5 Å². The van der Waals surface area contributed by atoms with E-state index in [0.29, 0.717) is 0 Å². The number of nitrogens with one attached hydrogen (secondary N) is 3. The van der Waals surface area contributed by atoms with Crippen LogP contribution in [0.2, 0.25) is 0 Å². The zero-order valence-electron chi connectivity index (χ0n) is 16.1. The number of hydrogen-bond donors (Lipinski definition) is 8. The van der Waals surface area contributed by atoms with Crippen LogP contribution < -0.4 is 21.7 Å². The van der Waals surface area contributed by atoms with Gasteiger partial charge in [0.2, 0.25) is 17.7 Å². The lowest BCUT2D eigenvalue weighted by Crippen LogP contribution is -2.59. The molecule has 166 valence electrons. The summed E-state index contributed by atoms with van der Waals surface area (Å²) in [5, 5.41) is 42.3. The van der Waals surface area contributed by atoms with Crippen molar-refractivity contribution in [3.8, 4) is 0 Å². The molecular weight excluding hydrogens is 392 g/mol. The number of carboxylic acid groups (broad SMARTS) is 2. The molecule has 0 bridgehead atoms. The minimum absolute atomic E-state index is 0.314. The predicted molar refractivity (Wildman–Crippen MR) is 97.3 cm³/mol. The molecule has 0 aromatic carbocycles. The first kappa shape index (κ1) is 26.2. The van der Waals surface area contributed by atoms with E-state index in [9.17, 15) is 24.0 Å². The summed E-state index contributed by atoms with van der Waals surface area (Å²) in [6, 6.07) is -5.50. The van der Waals surface area contributed by atoms with Gasteiger partial charge in [0.15, 0.2) is 0 Å². The Kier molecular flexibility index (Phi) is 11.4. The van der Waals surface area contributed by atoms with Gasteiger partial charge in [-0.2, -0.15) is 0 Å². The summed E-state index contributed by atoms with van der Waals surface area (Å²) in [5.41, 5.74) is 5.36. The molecule has 4 unspecified atom stereocenters. The highest BCUT2D eigenvalue weighted by Crippen LogP contribution is 2.06. The van der Waals surface area contributed by atoms with Crippen molar-refractivity contribution < 1.29 is 44.4 Å². The van der Waals surface area contributed by atoms with E-state index in [1.165, 1.54) is 0 Å². The number of aliphatic hydroxyl groups excluding tert-OH is 2. The molecule has 0 spiro atoms. The SMILES string of the molecule is CC(C)C(NC(=O)C(CCC(=O)O)NC(=O)C(N)CO)C(=O)NC(CO)C(=O)O. The molecule has 13 nitrogen and oxygen atoms in total. The molecule has 0 fully saturated rings. The molecule has 0 aromatic rings. The van der Waals surface area contributed by atoms with Crippen molar-refractivity contribution in [2.45, 2.75) is 50.9 Å². The summed E-state index contributed by atoms with van der Waals surface area (Å²) in [4.78, 5) is 58.5. The van der Waals surface area contributed by atoms with Crippen LogP contribution in [0, 0.1) is 5.92 Å². The summed E-state index contributed by atoms with van der Waals surface area (Å²) in [7, 11) is 0. The van der Waals surface area contributed by atoms with Gasteiger partial charge < -0.3 is 42.1 Å². The molecule has 0 aliphatic rings. The van der Waals surface area contributed by atoms with Crippen LogP contribution in [0.5, 0.6) is 0 Å². The zero-order chi connectivity index (χ0) is 22.7. The van der Waals surface area contributed by atoms with Gasteiger partial charge in [0.1, 0.15) is 24.2 Å². The fourth-order valence-corrected chi connectivity index (χ4v) is 2.13. The van der Waals surface area contributed by atoms with Gasteiger partial charge in [0.25, 0.3) is 0 Å². The van der Waals surface area contributed by atoms with E-state index in [1.807, 2.05) is 0 Å². The Labute approximate surface area is 166 Å². The summed E-state index contributed by atoms with van der Waals surface area (Å²) in [6.45, 7) is 1.56. The van der Waals surface area contributed by atoms with Crippen LogP contribution in [0.3, 0.4) is 0 Å². The number of hydrogen-bond acceptors (Lipinski definition) is 8. The average molecular weight is 420 g/mol. The third-order valence-corrected chi connectivity index (χ3v) is 3.86. The lowest BCUT2D eigenvalue weighted by atomic mass is 10.0. The molecule has 9 N–H and O–H groups in total. The fourth-order valence-electron chi connectivity index (χ4n) is 2.13. The van der Waals surface area contributed by atoms with Crippen LogP contribution in [0.1, 0.15) is 26.7 Å². The highest BCUT2D eigenvalue weighted by atomic mass is 16.4. The largest absolute Gasteiger partial charge is 0.481 e. The minimum Gasteiger partial charge on any atom is -0.481 e. The first-order valence-corrected chi connectivity index (χ1v) is 8.77. The van der Waals surface area contributed by atoms with Gasteiger partial charge in [-0.1, -0.05) is 13.8 Å². The number of aliphatic carboxylic acids is 2. The van der Waals surface area contributed by atoms with E-state index in [4.69, 9.17) is 26.2 Å². The van der Waals surface area contributed by atoms with Gasteiger partial charge >= 0.3 is 11.9 Å². The second kappa shape index (κ2) is 12.6. The maximum absolute atomic E-state index is 12.5. The van der Waals surface area contributed by atoms with E-state index in [-0.39, 0.29) is 6.42 Å². The Balaban J connectivity index is 5.34. The Hall–Kier alpha value is -2.77. The monoisotopic (exact) mass is 420 g/mol. The Morgan fingerprint density at radius 2 is 1.38 bits per heavy atom. The van der Waals surface area contributed by atoms with Crippen molar-refractivity contribution in [2.75, 3.05) is 13.2 Å². The predicted octanol–water partition coefficient (Wildman–Crippen LogP) is -3.64. The van der Waals surface area contributed by atoms with E-state index < -0.39 is 79.4 Å². The van der Waals surface area contributed by atoms with Crippen LogP contribution >= 0.6 is 0 Å². The van der Waals surface area contributed by atoms with Gasteiger partial charge in [-0.3, -0.25) is 19.2 Å². The maximum Gasteiger partial charge on any atom is 0.328 e. The number of aliphatic hydroxyl groups is 2. The van der Waals surface area contributed by atoms with Crippen molar-refractivity contribution in [3.05, 3.63) is 0 Å². The second-order valence-electron chi connectivity index (χ2n) is 6.59. The number of amides is 3. The molecule has 4 atom stereocenters. The Morgan fingerprint density at radius 1 is 0.828 bits per heavy atom. The first-order chi connectivity index (χ1) is 13.4. The molecule has 13 heteroatoms. The van der Waals surface area contributed by atoms with Crippen LogP contribution in [0.25, 0.3) is 0 Å². The minimum atomic E-state index is -1.58. The first-order valence-electron chi connectivity index (χ1n) is 8.77. The number of carboxylic acids is 2. The quantitative estimate of drug-likeness (QED) is 0.146. The topological polar surface area (TPSA) is 228 Å². The average Bonchev–Trinajstić information content (AvgIpc) is 2.65.